The Bertz CT molecular complexity index is 257. The number of nitrogens with one attached hydrogen (secondary N) is 1. The molecule has 0 bridgehead atoms. The summed E-state index contributed by atoms with van der Waals surface area (Å²) in [7, 11) is 0. The second-order valence-electron chi connectivity index (χ2n) is 4.23. The summed E-state index contributed by atoms with van der Waals surface area (Å²) in [5.41, 5.74) is 0.799. The average molecular weight is 227 g/mol. The van der Waals surface area contributed by atoms with E-state index >= 15 is 0 Å². The van der Waals surface area contributed by atoms with E-state index in [1.165, 1.54) is 5.56 Å². The Kier molecular flexibility index (Phi) is 5.29. The van der Waals surface area contributed by atoms with Crippen LogP contribution in [0, 0.1) is 0 Å². The van der Waals surface area contributed by atoms with Crippen LogP contribution in [0.3, 0.4) is 0 Å². The Morgan fingerprint density at radius 3 is 2.87 bits per heavy atom. The molecule has 0 saturated heterocycles. The van der Waals surface area contributed by atoms with Gasteiger partial charge in [-0.3, -0.25) is 0 Å². The monoisotopic (exact) mass is 227 g/mol. The van der Waals surface area contributed by atoms with Crippen LogP contribution in [0.15, 0.2) is 16.8 Å². The van der Waals surface area contributed by atoms with E-state index in [4.69, 9.17) is 0 Å². The molecule has 1 aromatic heterocycles. The third-order valence-corrected chi connectivity index (χ3v) is 3.35. The zero-order chi connectivity index (χ0) is 11.1. The van der Waals surface area contributed by atoms with Crippen LogP contribution in [0.25, 0.3) is 0 Å². The van der Waals surface area contributed by atoms with Crippen molar-refractivity contribution in [2.45, 2.75) is 38.7 Å². The Balaban J connectivity index is 2.23. The number of hydrogen-bond acceptors (Lipinski definition) is 3. The van der Waals surface area contributed by atoms with Gasteiger partial charge < -0.3 is 10.4 Å². The van der Waals surface area contributed by atoms with Crippen molar-refractivity contribution >= 4 is 11.3 Å². The zero-order valence-corrected chi connectivity index (χ0v) is 10.4. The van der Waals surface area contributed by atoms with E-state index in [1.54, 1.807) is 11.3 Å². The lowest BCUT2D eigenvalue weighted by atomic mass is 9.94. The average Bonchev–Trinajstić information content (AvgIpc) is 2.68. The molecule has 0 radical (unpaired) electrons. The van der Waals surface area contributed by atoms with Crippen molar-refractivity contribution in [3.05, 3.63) is 22.4 Å². The maximum Gasteiger partial charge on any atom is 0.0635 e. The van der Waals surface area contributed by atoms with Gasteiger partial charge in [0.2, 0.25) is 0 Å². The molecule has 2 nitrogen and oxygen atoms in total. The fraction of sp³-hybridized carbons (Fsp3) is 0.667. The standard InChI is InChI=1S/C12H21NOS/c1-3-13-8-7-12(2,14)6-4-11-5-9-15-10-11/h5,9-10,13-14H,3-4,6-8H2,1-2H3. The van der Waals surface area contributed by atoms with E-state index < -0.39 is 5.60 Å². The predicted molar refractivity (Wildman–Crippen MR) is 66.4 cm³/mol. The van der Waals surface area contributed by atoms with Crippen molar-refractivity contribution in [2.75, 3.05) is 13.1 Å². The van der Waals surface area contributed by atoms with Gasteiger partial charge in [-0.05, 0) is 61.7 Å². The van der Waals surface area contributed by atoms with Gasteiger partial charge in [0.05, 0.1) is 5.60 Å². The highest BCUT2D eigenvalue weighted by atomic mass is 32.1. The quantitative estimate of drug-likeness (QED) is 0.701. The second kappa shape index (κ2) is 6.26. The zero-order valence-electron chi connectivity index (χ0n) is 9.62. The normalized spacial score (nSPS) is 15.1. The van der Waals surface area contributed by atoms with E-state index in [2.05, 4.69) is 29.1 Å². The fourth-order valence-corrected chi connectivity index (χ4v) is 2.21. The maximum atomic E-state index is 10.1. The lowest BCUT2D eigenvalue weighted by Crippen LogP contribution is -2.30. The first-order chi connectivity index (χ1) is 7.14. The van der Waals surface area contributed by atoms with Crippen LogP contribution in [0.5, 0.6) is 0 Å². The molecule has 1 aromatic rings. The van der Waals surface area contributed by atoms with Crippen molar-refractivity contribution in [1.82, 2.24) is 5.32 Å². The minimum Gasteiger partial charge on any atom is -0.390 e. The fourth-order valence-electron chi connectivity index (χ4n) is 1.51. The number of hydrogen-bond donors (Lipinski definition) is 2. The summed E-state index contributed by atoms with van der Waals surface area (Å²) in [6, 6.07) is 2.13. The lowest BCUT2D eigenvalue weighted by Gasteiger charge is -2.23. The van der Waals surface area contributed by atoms with Crippen LogP contribution < -0.4 is 5.32 Å². The third kappa shape index (κ3) is 5.30. The van der Waals surface area contributed by atoms with Gasteiger partial charge in [-0.25, -0.2) is 0 Å². The Labute approximate surface area is 96.3 Å². The Morgan fingerprint density at radius 1 is 1.47 bits per heavy atom. The molecule has 15 heavy (non-hydrogen) atoms. The lowest BCUT2D eigenvalue weighted by molar-refractivity contribution is 0.0427. The van der Waals surface area contributed by atoms with E-state index in [0.717, 1.165) is 32.4 Å². The van der Waals surface area contributed by atoms with E-state index in [9.17, 15) is 5.11 Å². The smallest absolute Gasteiger partial charge is 0.0635 e. The first-order valence-corrected chi connectivity index (χ1v) is 6.52. The highest BCUT2D eigenvalue weighted by Gasteiger charge is 2.19. The van der Waals surface area contributed by atoms with Crippen molar-refractivity contribution in [3.8, 4) is 0 Å². The summed E-state index contributed by atoms with van der Waals surface area (Å²) in [6.07, 6.45) is 2.64. The highest BCUT2D eigenvalue weighted by molar-refractivity contribution is 7.07. The van der Waals surface area contributed by atoms with Gasteiger partial charge in [-0.2, -0.15) is 11.3 Å². The molecule has 1 unspecified atom stereocenters. The molecule has 0 fully saturated rings. The molecule has 0 aliphatic carbocycles. The van der Waals surface area contributed by atoms with E-state index in [0.29, 0.717) is 0 Å². The third-order valence-electron chi connectivity index (χ3n) is 2.62. The minimum atomic E-state index is -0.538. The van der Waals surface area contributed by atoms with Gasteiger partial charge in [0.25, 0.3) is 0 Å². The minimum absolute atomic E-state index is 0.538. The molecular weight excluding hydrogens is 206 g/mol. The molecule has 0 amide bonds. The predicted octanol–water partition coefficient (Wildman–Crippen LogP) is 2.43. The number of rotatable bonds is 7. The second-order valence-corrected chi connectivity index (χ2v) is 5.01. The first kappa shape index (κ1) is 12.7. The topological polar surface area (TPSA) is 32.3 Å². The molecule has 1 atom stereocenters. The summed E-state index contributed by atoms with van der Waals surface area (Å²) in [5, 5.41) is 17.6. The molecule has 86 valence electrons. The van der Waals surface area contributed by atoms with E-state index in [-0.39, 0.29) is 0 Å². The molecule has 3 heteroatoms. The van der Waals surface area contributed by atoms with Crippen molar-refractivity contribution in [1.29, 1.82) is 0 Å². The molecule has 0 aliphatic heterocycles. The van der Waals surface area contributed by atoms with Crippen LogP contribution >= 0.6 is 11.3 Å². The van der Waals surface area contributed by atoms with Crippen LogP contribution in [-0.2, 0) is 6.42 Å². The van der Waals surface area contributed by atoms with Crippen LogP contribution in [0.2, 0.25) is 0 Å². The molecule has 0 aromatic carbocycles. The van der Waals surface area contributed by atoms with Crippen molar-refractivity contribution in [2.24, 2.45) is 0 Å². The summed E-state index contributed by atoms with van der Waals surface area (Å²) in [4.78, 5) is 0. The Morgan fingerprint density at radius 2 is 2.27 bits per heavy atom. The molecule has 2 N–H and O–H groups in total. The summed E-state index contributed by atoms with van der Waals surface area (Å²) >= 11 is 1.72. The van der Waals surface area contributed by atoms with Crippen LogP contribution in [-0.4, -0.2) is 23.8 Å². The van der Waals surface area contributed by atoms with Crippen molar-refractivity contribution < 1.29 is 5.11 Å². The van der Waals surface area contributed by atoms with Gasteiger partial charge in [-0.1, -0.05) is 6.92 Å². The van der Waals surface area contributed by atoms with Crippen LogP contribution in [0.1, 0.15) is 32.3 Å². The molecule has 0 aliphatic rings. The first-order valence-electron chi connectivity index (χ1n) is 5.58. The Hall–Kier alpha value is -0.380. The largest absolute Gasteiger partial charge is 0.390 e. The summed E-state index contributed by atoms with van der Waals surface area (Å²) in [5.74, 6) is 0. The summed E-state index contributed by atoms with van der Waals surface area (Å²) in [6.45, 7) is 5.88. The van der Waals surface area contributed by atoms with Gasteiger partial charge >= 0.3 is 0 Å². The van der Waals surface area contributed by atoms with E-state index in [1.807, 2.05) is 6.92 Å². The summed E-state index contributed by atoms with van der Waals surface area (Å²) < 4.78 is 0. The molecule has 1 rings (SSSR count). The maximum absolute atomic E-state index is 10.1. The van der Waals surface area contributed by atoms with Crippen molar-refractivity contribution in [3.63, 3.8) is 0 Å². The SMILES string of the molecule is CCNCCC(C)(O)CCc1ccsc1. The van der Waals surface area contributed by atoms with Gasteiger partial charge in [0.15, 0.2) is 0 Å². The van der Waals surface area contributed by atoms with Crippen LogP contribution in [0.4, 0.5) is 0 Å². The van der Waals surface area contributed by atoms with Gasteiger partial charge in [0, 0.05) is 0 Å². The van der Waals surface area contributed by atoms with Gasteiger partial charge in [-0.15, -0.1) is 0 Å². The highest BCUT2D eigenvalue weighted by Crippen LogP contribution is 2.18. The molecular formula is C12H21NOS. The molecule has 0 spiro atoms. The van der Waals surface area contributed by atoms with Gasteiger partial charge in [0.1, 0.15) is 0 Å². The number of thiophene rings is 1. The number of aliphatic hydroxyl groups is 1. The molecule has 1 heterocycles. The molecule has 0 saturated carbocycles. The number of aryl methyl sites for hydroxylation is 1.